The maximum absolute atomic E-state index is 14.0. The molecule has 0 saturated heterocycles. The summed E-state index contributed by atoms with van der Waals surface area (Å²) in [7, 11) is -3.30. The molecule has 0 unspecified atom stereocenters. The minimum atomic E-state index is -3.30. The molecule has 0 saturated carbocycles. The number of pyridine rings is 1. The van der Waals surface area contributed by atoms with Gasteiger partial charge in [0.05, 0.1) is 0 Å². The molecule has 0 atom stereocenters. The predicted octanol–water partition coefficient (Wildman–Crippen LogP) is 3.31. The molecule has 5 heteroatoms. The molecule has 1 aromatic heterocycles. The molecule has 0 aliphatic rings. The van der Waals surface area contributed by atoms with E-state index in [0.717, 1.165) is 5.56 Å². The van der Waals surface area contributed by atoms with Crippen LogP contribution in [-0.4, -0.2) is 4.98 Å². The molecule has 2 nitrogen and oxygen atoms in total. The molecule has 1 heterocycles. The molecule has 0 aliphatic carbocycles. The zero-order valence-corrected chi connectivity index (χ0v) is 13.3. The topological polar surface area (TPSA) is 30.0 Å². The normalized spacial score (nSPS) is 11.4. The standard InChI is InChI=1S/C18H14F2NOP/c1-13-3-2-12-21-18(13)23(22,16-8-4-14(19)5-9-16)17-10-6-15(20)7-11-17/h2-12H,1H3. The molecular formula is C18H14F2NOP. The highest BCUT2D eigenvalue weighted by atomic mass is 31.2. The molecule has 0 radical (unpaired) electrons. The van der Waals surface area contributed by atoms with Crippen LogP contribution in [0.1, 0.15) is 5.56 Å². The lowest BCUT2D eigenvalue weighted by atomic mass is 10.3. The van der Waals surface area contributed by atoms with Crippen LogP contribution >= 0.6 is 7.14 Å². The Bertz CT molecular complexity index is 827. The van der Waals surface area contributed by atoms with Gasteiger partial charge in [-0.1, -0.05) is 6.07 Å². The van der Waals surface area contributed by atoms with Gasteiger partial charge in [0.25, 0.3) is 0 Å². The summed E-state index contributed by atoms with van der Waals surface area (Å²) in [6, 6.07) is 14.6. The summed E-state index contributed by atoms with van der Waals surface area (Å²) in [4.78, 5) is 4.30. The second-order valence-corrected chi connectivity index (χ2v) is 7.88. The van der Waals surface area contributed by atoms with E-state index in [2.05, 4.69) is 4.98 Å². The van der Waals surface area contributed by atoms with Crippen molar-refractivity contribution >= 4 is 23.2 Å². The van der Waals surface area contributed by atoms with E-state index < -0.39 is 18.8 Å². The molecule has 0 bridgehead atoms. The lowest BCUT2D eigenvalue weighted by Gasteiger charge is -2.20. The van der Waals surface area contributed by atoms with Crippen LogP contribution in [0.5, 0.6) is 0 Å². The first-order chi connectivity index (χ1) is 11.0. The largest absolute Gasteiger partial charge is 0.307 e. The molecule has 0 fully saturated rings. The van der Waals surface area contributed by atoms with Crippen molar-refractivity contribution in [2.75, 3.05) is 0 Å². The third-order valence-electron chi connectivity index (χ3n) is 3.66. The van der Waals surface area contributed by atoms with Crippen molar-refractivity contribution in [2.45, 2.75) is 6.92 Å². The van der Waals surface area contributed by atoms with Crippen LogP contribution in [0.15, 0.2) is 66.9 Å². The Balaban J connectivity index is 2.29. The van der Waals surface area contributed by atoms with E-state index in [1.54, 1.807) is 12.3 Å². The molecule has 3 rings (SSSR count). The van der Waals surface area contributed by atoms with Crippen LogP contribution < -0.4 is 16.0 Å². The van der Waals surface area contributed by atoms with Crippen molar-refractivity contribution in [3.05, 3.63) is 84.1 Å². The van der Waals surface area contributed by atoms with Crippen LogP contribution in [-0.2, 0) is 4.57 Å². The Morgan fingerprint density at radius 2 is 1.30 bits per heavy atom. The highest BCUT2D eigenvalue weighted by Gasteiger charge is 2.32. The summed E-state index contributed by atoms with van der Waals surface area (Å²) >= 11 is 0. The van der Waals surface area contributed by atoms with Crippen LogP contribution in [0.2, 0.25) is 0 Å². The van der Waals surface area contributed by atoms with Crippen molar-refractivity contribution in [3.8, 4) is 0 Å². The highest BCUT2D eigenvalue weighted by Crippen LogP contribution is 2.42. The molecule has 3 aromatic rings. The van der Waals surface area contributed by atoms with Gasteiger partial charge in [-0.15, -0.1) is 0 Å². The zero-order valence-electron chi connectivity index (χ0n) is 12.4. The van der Waals surface area contributed by atoms with Gasteiger partial charge in [-0.25, -0.2) is 8.78 Å². The first-order valence-electron chi connectivity index (χ1n) is 7.06. The summed E-state index contributed by atoms with van der Waals surface area (Å²) in [5.74, 6) is -0.811. The van der Waals surface area contributed by atoms with Gasteiger partial charge < -0.3 is 4.57 Å². The van der Waals surface area contributed by atoms with Crippen molar-refractivity contribution < 1.29 is 13.3 Å². The molecule has 2 aromatic carbocycles. The fraction of sp³-hybridized carbons (Fsp3) is 0.0556. The minimum absolute atomic E-state index is 0.405. The summed E-state index contributed by atoms with van der Waals surface area (Å²) < 4.78 is 40.5. The molecular weight excluding hydrogens is 315 g/mol. The molecule has 0 aliphatic heterocycles. The summed E-state index contributed by atoms with van der Waals surface area (Å²) in [6.45, 7) is 1.82. The molecule has 23 heavy (non-hydrogen) atoms. The number of hydrogen-bond donors (Lipinski definition) is 0. The third kappa shape index (κ3) is 2.82. The van der Waals surface area contributed by atoms with E-state index >= 15 is 0 Å². The van der Waals surface area contributed by atoms with Gasteiger partial charge >= 0.3 is 0 Å². The minimum Gasteiger partial charge on any atom is -0.307 e. The number of benzene rings is 2. The second-order valence-electron chi connectivity index (χ2n) is 5.21. The van der Waals surface area contributed by atoms with E-state index in [1.807, 2.05) is 13.0 Å². The summed E-state index contributed by atoms with van der Waals surface area (Å²) in [5.41, 5.74) is 1.20. The highest BCUT2D eigenvalue weighted by molar-refractivity contribution is 7.85. The average Bonchev–Trinajstić information content (AvgIpc) is 2.56. The van der Waals surface area contributed by atoms with Crippen molar-refractivity contribution in [2.24, 2.45) is 0 Å². The van der Waals surface area contributed by atoms with E-state index in [0.29, 0.717) is 16.0 Å². The number of aromatic nitrogens is 1. The van der Waals surface area contributed by atoms with Crippen LogP contribution in [0.4, 0.5) is 8.78 Å². The molecule has 0 N–H and O–H groups in total. The predicted molar refractivity (Wildman–Crippen MR) is 88.3 cm³/mol. The SMILES string of the molecule is Cc1cccnc1P(=O)(c1ccc(F)cc1)c1ccc(F)cc1. The number of rotatable bonds is 3. The Morgan fingerprint density at radius 3 is 1.74 bits per heavy atom. The molecule has 0 amide bonds. The van der Waals surface area contributed by atoms with Gasteiger partial charge in [0.2, 0.25) is 0 Å². The van der Waals surface area contributed by atoms with E-state index in [4.69, 9.17) is 0 Å². The number of nitrogens with zero attached hydrogens (tertiary/aromatic N) is 1. The van der Waals surface area contributed by atoms with Crippen molar-refractivity contribution in [1.29, 1.82) is 0 Å². The lowest BCUT2D eigenvalue weighted by Crippen LogP contribution is -2.28. The van der Waals surface area contributed by atoms with Gasteiger partial charge in [0.15, 0.2) is 7.14 Å². The average molecular weight is 329 g/mol. The van der Waals surface area contributed by atoms with Crippen LogP contribution in [0.25, 0.3) is 0 Å². The third-order valence-corrected chi connectivity index (χ3v) is 6.78. The molecule has 116 valence electrons. The quantitative estimate of drug-likeness (QED) is 0.690. The second kappa shape index (κ2) is 6.05. The van der Waals surface area contributed by atoms with E-state index in [1.165, 1.54) is 48.5 Å². The fourth-order valence-corrected chi connectivity index (χ4v) is 5.23. The maximum Gasteiger partial charge on any atom is 0.188 e. The van der Waals surface area contributed by atoms with Crippen molar-refractivity contribution in [3.63, 3.8) is 0 Å². The first kappa shape index (κ1) is 15.6. The first-order valence-corrected chi connectivity index (χ1v) is 8.77. The van der Waals surface area contributed by atoms with Crippen LogP contribution in [0.3, 0.4) is 0 Å². The lowest BCUT2D eigenvalue weighted by molar-refractivity contribution is 0.591. The summed E-state index contributed by atoms with van der Waals surface area (Å²) in [5, 5.41) is 0.930. The number of halogens is 2. The monoisotopic (exact) mass is 329 g/mol. The Labute approximate surface area is 133 Å². The number of aryl methyl sites for hydroxylation is 1. The van der Waals surface area contributed by atoms with Crippen molar-refractivity contribution in [1.82, 2.24) is 4.98 Å². The van der Waals surface area contributed by atoms with Gasteiger partial charge in [0, 0.05) is 16.8 Å². The van der Waals surface area contributed by atoms with Gasteiger partial charge in [-0.2, -0.15) is 0 Å². The maximum atomic E-state index is 14.0. The summed E-state index contributed by atoms with van der Waals surface area (Å²) in [6.07, 6.45) is 1.57. The Hall–Kier alpha value is -2.32. The van der Waals surface area contributed by atoms with Crippen LogP contribution in [0, 0.1) is 18.6 Å². The number of hydrogen-bond acceptors (Lipinski definition) is 2. The fourth-order valence-electron chi connectivity index (χ4n) is 2.50. The van der Waals surface area contributed by atoms with Gasteiger partial charge in [0.1, 0.15) is 17.1 Å². The Morgan fingerprint density at radius 1 is 0.826 bits per heavy atom. The smallest absolute Gasteiger partial charge is 0.188 e. The van der Waals surface area contributed by atoms with Gasteiger partial charge in [-0.05, 0) is 67.1 Å². The Kier molecular flexibility index (Phi) is 4.10. The zero-order chi connectivity index (χ0) is 16.4. The molecule has 0 spiro atoms. The van der Waals surface area contributed by atoms with E-state index in [-0.39, 0.29) is 0 Å². The van der Waals surface area contributed by atoms with Gasteiger partial charge in [-0.3, -0.25) is 4.98 Å². The van der Waals surface area contributed by atoms with E-state index in [9.17, 15) is 13.3 Å².